The van der Waals surface area contributed by atoms with E-state index in [0.29, 0.717) is 5.56 Å². The molecule has 3 heteroatoms. The predicted molar refractivity (Wildman–Crippen MR) is 84.6 cm³/mol. The fourth-order valence-corrected chi connectivity index (χ4v) is 2.14. The average Bonchev–Trinajstić information content (AvgIpc) is 2.40. The van der Waals surface area contributed by atoms with Gasteiger partial charge in [-0.1, -0.05) is 17.7 Å². The molecule has 104 valence electrons. The summed E-state index contributed by atoms with van der Waals surface area (Å²) in [7, 11) is 3.99. The van der Waals surface area contributed by atoms with E-state index in [1.54, 1.807) is 0 Å². The Bertz CT molecular complexity index is 615. The summed E-state index contributed by atoms with van der Waals surface area (Å²) in [6.07, 6.45) is 0. The van der Waals surface area contributed by atoms with Gasteiger partial charge in [0, 0.05) is 31.0 Å². The summed E-state index contributed by atoms with van der Waals surface area (Å²) in [6.45, 7) is 4.03. The van der Waals surface area contributed by atoms with E-state index >= 15 is 0 Å². The van der Waals surface area contributed by atoms with Gasteiger partial charge in [-0.3, -0.25) is 4.79 Å². The number of aryl methyl sites for hydroxylation is 2. The van der Waals surface area contributed by atoms with Crippen molar-refractivity contribution in [1.29, 1.82) is 0 Å². The normalized spacial score (nSPS) is 10.2. The number of rotatable bonds is 3. The second-order valence-electron chi connectivity index (χ2n) is 5.22. The Kier molecular flexibility index (Phi) is 4.08. The van der Waals surface area contributed by atoms with Gasteiger partial charge < -0.3 is 10.2 Å². The molecule has 0 unspecified atom stereocenters. The van der Waals surface area contributed by atoms with Crippen LogP contribution in [0.3, 0.4) is 0 Å². The molecule has 0 saturated carbocycles. The minimum absolute atomic E-state index is 0.0812. The summed E-state index contributed by atoms with van der Waals surface area (Å²) < 4.78 is 0. The van der Waals surface area contributed by atoms with Crippen molar-refractivity contribution in [1.82, 2.24) is 0 Å². The fourth-order valence-electron chi connectivity index (χ4n) is 2.14. The van der Waals surface area contributed by atoms with Crippen molar-refractivity contribution in [2.75, 3.05) is 24.3 Å². The third kappa shape index (κ3) is 3.18. The van der Waals surface area contributed by atoms with Crippen LogP contribution in [0.5, 0.6) is 0 Å². The van der Waals surface area contributed by atoms with Crippen molar-refractivity contribution in [3.8, 4) is 0 Å². The monoisotopic (exact) mass is 268 g/mol. The SMILES string of the molecule is Cc1ccc(NC(=O)c2ccc(N(C)C)c(C)c2)cc1. The minimum atomic E-state index is -0.0812. The molecule has 0 saturated heterocycles. The van der Waals surface area contributed by atoms with Gasteiger partial charge in [0.1, 0.15) is 0 Å². The first-order valence-corrected chi connectivity index (χ1v) is 6.63. The van der Waals surface area contributed by atoms with Crippen molar-refractivity contribution < 1.29 is 4.79 Å². The van der Waals surface area contributed by atoms with Crippen LogP contribution in [0, 0.1) is 13.8 Å². The maximum atomic E-state index is 12.2. The zero-order valence-electron chi connectivity index (χ0n) is 12.4. The number of carbonyl (C=O) groups excluding carboxylic acids is 1. The first-order valence-electron chi connectivity index (χ1n) is 6.63. The van der Waals surface area contributed by atoms with Crippen LogP contribution in [0.2, 0.25) is 0 Å². The summed E-state index contributed by atoms with van der Waals surface area (Å²) >= 11 is 0. The van der Waals surface area contributed by atoms with Crippen molar-refractivity contribution in [3.63, 3.8) is 0 Å². The second kappa shape index (κ2) is 5.78. The third-order valence-corrected chi connectivity index (χ3v) is 3.25. The summed E-state index contributed by atoms with van der Waals surface area (Å²) in [5.41, 5.74) is 4.88. The van der Waals surface area contributed by atoms with Gasteiger partial charge in [-0.25, -0.2) is 0 Å². The Hall–Kier alpha value is -2.29. The largest absolute Gasteiger partial charge is 0.377 e. The van der Waals surface area contributed by atoms with Crippen molar-refractivity contribution in [3.05, 3.63) is 59.2 Å². The predicted octanol–water partition coefficient (Wildman–Crippen LogP) is 3.62. The smallest absolute Gasteiger partial charge is 0.255 e. The van der Waals surface area contributed by atoms with E-state index in [0.717, 1.165) is 16.9 Å². The lowest BCUT2D eigenvalue weighted by Crippen LogP contribution is -2.14. The lowest BCUT2D eigenvalue weighted by molar-refractivity contribution is 0.102. The van der Waals surface area contributed by atoms with E-state index in [9.17, 15) is 4.79 Å². The van der Waals surface area contributed by atoms with E-state index in [1.807, 2.05) is 75.3 Å². The van der Waals surface area contributed by atoms with Crippen molar-refractivity contribution in [2.45, 2.75) is 13.8 Å². The zero-order valence-corrected chi connectivity index (χ0v) is 12.4. The Morgan fingerprint density at radius 3 is 2.20 bits per heavy atom. The molecule has 0 fully saturated rings. The molecule has 1 N–H and O–H groups in total. The highest BCUT2D eigenvalue weighted by atomic mass is 16.1. The molecule has 0 radical (unpaired) electrons. The molecule has 2 aromatic carbocycles. The molecule has 0 atom stereocenters. The van der Waals surface area contributed by atoms with Gasteiger partial charge in [0.15, 0.2) is 0 Å². The van der Waals surface area contributed by atoms with Crippen LogP contribution >= 0.6 is 0 Å². The van der Waals surface area contributed by atoms with Crippen LogP contribution < -0.4 is 10.2 Å². The number of nitrogens with one attached hydrogen (secondary N) is 1. The Morgan fingerprint density at radius 1 is 1.00 bits per heavy atom. The molecule has 3 nitrogen and oxygen atoms in total. The standard InChI is InChI=1S/C17H20N2O/c1-12-5-8-15(9-6-12)18-17(20)14-7-10-16(19(3)4)13(2)11-14/h5-11H,1-4H3,(H,18,20). The third-order valence-electron chi connectivity index (χ3n) is 3.25. The van der Waals surface area contributed by atoms with E-state index in [4.69, 9.17) is 0 Å². The quantitative estimate of drug-likeness (QED) is 0.922. The highest BCUT2D eigenvalue weighted by molar-refractivity contribution is 6.04. The molecule has 0 aromatic heterocycles. The molecule has 1 amide bonds. The van der Waals surface area contributed by atoms with Crippen LogP contribution in [0.1, 0.15) is 21.5 Å². The lowest BCUT2D eigenvalue weighted by atomic mass is 10.1. The maximum Gasteiger partial charge on any atom is 0.255 e. The molecule has 2 aromatic rings. The number of nitrogens with zero attached hydrogens (tertiary/aromatic N) is 1. The molecular formula is C17H20N2O. The molecular weight excluding hydrogens is 248 g/mol. The van der Waals surface area contributed by atoms with Crippen LogP contribution in [-0.2, 0) is 0 Å². The van der Waals surface area contributed by atoms with Gasteiger partial charge in [-0.05, 0) is 49.7 Å². The van der Waals surface area contributed by atoms with Gasteiger partial charge in [-0.15, -0.1) is 0 Å². The summed E-state index contributed by atoms with van der Waals surface area (Å²) in [5.74, 6) is -0.0812. The van der Waals surface area contributed by atoms with E-state index in [-0.39, 0.29) is 5.91 Å². The van der Waals surface area contributed by atoms with E-state index in [2.05, 4.69) is 5.32 Å². The lowest BCUT2D eigenvalue weighted by Gasteiger charge is -2.16. The molecule has 20 heavy (non-hydrogen) atoms. The summed E-state index contributed by atoms with van der Waals surface area (Å²) in [5, 5.41) is 2.91. The molecule has 0 bridgehead atoms. The van der Waals surface area contributed by atoms with Gasteiger partial charge >= 0.3 is 0 Å². The minimum Gasteiger partial charge on any atom is -0.377 e. The highest BCUT2D eigenvalue weighted by Crippen LogP contribution is 2.20. The number of amides is 1. The number of anilines is 2. The summed E-state index contributed by atoms with van der Waals surface area (Å²) in [4.78, 5) is 14.2. The number of carbonyl (C=O) groups is 1. The molecule has 0 aliphatic heterocycles. The number of hydrogen-bond acceptors (Lipinski definition) is 2. The van der Waals surface area contributed by atoms with Gasteiger partial charge in [0.25, 0.3) is 5.91 Å². The molecule has 0 spiro atoms. The van der Waals surface area contributed by atoms with Crippen molar-refractivity contribution in [2.24, 2.45) is 0 Å². The van der Waals surface area contributed by atoms with Gasteiger partial charge in [0.05, 0.1) is 0 Å². The van der Waals surface area contributed by atoms with Crippen molar-refractivity contribution >= 4 is 17.3 Å². The van der Waals surface area contributed by atoms with Gasteiger partial charge in [0.2, 0.25) is 0 Å². The topological polar surface area (TPSA) is 32.3 Å². The van der Waals surface area contributed by atoms with Crippen LogP contribution in [0.4, 0.5) is 11.4 Å². The van der Waals surface area contributed by atoms with E-state index < -0.39 is 0 Å². The fraction of sp³-hybridized carbons (Fsp3) is 0.235. The van der Waals surface area contributed by atoms with Gasteiger partial charge in [-0.2, -0.15) is 0 Å². The Balaban J connectivity index is 2.17. The van der Waals surface area contributed by atoms with Crippen LogP contribution in [-0.4, -0.2) is 20.0 Å². The molecule has 0 aliphatic rings. The maximum absolute atomic E-state index is 12.2. The molecule has 0 heterocycles. The average molecular weight is 268 g/mol. The zero-order chi connectivity index (χ0) is 14.7. The first-order chi connectivity index (χ1) is 9.47. The first kappa shape index (κ1) is 14.1. The van der Waals surface area contributed by atoms with E-state index in [1.165, 1.54) is 5.56 Å². The Morgan fingerprint density at radius 2 is 1.65 bits per heavy atom. The van der Waals surface area contributed by atoms with Crippen LogP contribution in [0.15, 0.2) is 42.5 Å². The molecule has 0 aliphatic carbocycles. The highest BCUT2D eigenvalue weighted by Gasteiger charge is 2.09. The van der Waals surface area contributed by atoms with Crippen LogP contribution in [0.25, 0.3) is 0 Å². The Labute approximate surface area is 120 Å². The molecule has 2 rings (SSSR count). The second-order valence-corrected chi connectivity index (χ2v) is 5.22. The number of benzene rings is 2. The summed E-state index contributed by atoms with van der Waals surface area (Å²) in [6, 6.07) is 13.5. The number of hydrogen-bond donors (Lipinski definition) is 1.